The fourth-order valence-electron chi connectivity index (χ4n) is 2.30. The van der Waals surface area contributed by atoms with Crippen LogP contribution in [-0.2, 0) is 20.7 Å². The number of ether oxygens (including phenoxy) is 2. The summed E-state index contributed by atoms with van der Waals surface area (Å²) >= 11 is 3.46. The van der Waals surface area contributed by atoms with Crippen molar-refractivity contribution < 1.29 is 14.3 Å². The molecule has 6 heteroatoms. The lowest BCUT2D eigenvalue weighted by Crippen LogP contribution is -2.38. The SMILES string of the molecule is COC(=O)C(N)Cc1cc(Br)ccc1N1CCOCC1. The van der Waals surface area contributed by atoms with Crippen LogP contribution in [0.4, 0.5) is 5.69 Å². The molecule has 0 saturated carbocycles. The zero-order valence-electron chi connectivity index (χ0n) is 11.5. The third-order valence-electron chi connectivity index (χ3n) is 3.34. The molecule has 110 valence electrons. The molecule has 2 rings (SSSR count). The summed E-state index contributed by atoms with van der Waals surface area (Å²) < 4.78 is 11.0. The van der Waals surface area contributed by atoms with Crippen molar-refractivity contribution in [2.45, 2.75) is 12.5 Å². The van der Waals surface area contributed by atoms with E-state index in [1.165, 1.54) is 7.11 Å². The molecule has 0 aromatic heterocycles. The first kappa shape index (κ1) is 15.3. The molecule has 20 heavy (non-hydrogen) atoms. The Hall–Kier alpha value is -1.11. The largest absolute Gasteiger partial charge is 0.468 e. The molecule has 0 spiro atoms. The van der Waals surface area contributed by atoms with Crippen LogP contribution in [0.1, 0.15) is 5.56 Å². The maximum absolute atomic E-state index is 11.5. The first-order valence-corrected chi connectivity index (χ1v) is 7.35. The number of carbonyl (C=O) groups is 1. The van der Waals surface area contributed by atoms with Crippen molar-refractivity contribution in [3.05, 3.63) is 28.2 Å². The summed E-state index contributed by atoms with van der Waals surface area (Å²) in [5.74, 6) is -0.391. The van der Waals surface area contributed by atoms with Crippen molar-refractivity contribution in [3.63, 3.8) is 0 Å². The summed E-state index contributed by atoms with van der Waals surface area (Å²) in [5, 5.41) is 0. The fourth-order valence-corrected chi connectivity index (χ4v) is 2.71. The topological polar surface area (TPSA) is 64.8 Å². The Kier molecular flexibility index (Phi) is 5.39. The molecular formula is C14H19BrN2O3. The molecule has 0 bridgehead atoms. The number of halogens is 1. The maximum Gasteiger partial charge on any atom is 0.322 e. The van der Waals surface area contributed by atoms with Gasteiger partial charge in [0.25, 0.3) is 0 Å². The van der Waals surface area contributed by atoms with Gasteiger partial charge < -0.3 is 20.1 Å². The van der Waals surface area contributed by atoms with Gasteiger partial charge in [0.05, 0.1) is 20.3 Å². The predicted octanol–water partition coefficient (Wildman–Crippen LogP) is 1.33. The Morgan fingerprint density at radius 1 is 1.50 bits per heavy atom. The molecule has 0 amide bonds. The van der Waals surface area contributed by atoms with Crippen molar-refractivity contribution in [1.82, 2.24) is 0 Å². The highest BCUT2D eigenvalue weighted by Crippen LogP contribution is 2.26. The van der Waals surface area contributed by atoms with Crippen LogP contribution in [0.2, 0.25) is 0 Å². The summed E-state index contributed by atoms with van der Waals surface area (Å²) in [5.41, 5.74) is 8.02. The van der Waals surface area contributed by atoms with Gasteiger partial charge in [0.15, 0.2) is 0 Å². The minimum Gasteiger partial charge on any atom is -0.468 e. The average molecular weight is 343 g/mol. The lowest BCUT2D eigenvalue weighted by atomic mass is 10.0. The molecule has 1 atom stereocenters. The maximum atomic E-state index is 11.5. The van der Waals surface area contributed by atoms with E-state index in [0.717, 1.165) is 42.0 Å². The Morgan fingerprint density at radius 3 is 2.85 bits per heavy atom. The Morgan fingerprint density at radius 2 is 2.20 bits per heavy atom. The lowest BCUT2D eigenvalue weighted by Gasteiger charge is -2.31. The number of esters is 1. The zero-order valence-corrected chi connectivity index (χ0v) is 13.1. The molecule has 2 N–H and O–H groups in total. The Bertz CT molecular complexity index is 475. The lowest BCUT2D eigenvalue weighted by molar-refractivity contribution is -0.142. The molecule has 1 fully saturated rings. The number of methoxy groups -OCH3 is 1. The van der Waals surface area contributed by atoms with Gasteiger partial charge in [-0.2, -0.15) is 0 Å². The van der Waals surface area contributed by atoms with Crippen molar-refractivity contribution in [1.29, 1.82) is 0 Å². The summed E-state index contributed by atoms with van der Waals surface area (Å²) in [6, 6.07) is 5.41. The van der Waals surface area contributed by atoms with Crippen LogP contribution in [-0.4, -0.2) is 45.4 Å². The van der Waals surface area contributed by atoms with Crippen molar-refractivity contribution in [2.75, 3.05) is 38.3 Å². The first-order valence-electron chi connectivity index (χ1n) is 6.56. The second kappa shape index (κ2) is 7.06. The van der Waals surface area contributed by atoms with Gasteiger partial charge in [-0.15, -0.1) is 0 Å². The van der Waals surface area contributed by atoms with Crippen molar-refractivity contribution >= 4 is 27.6 Å². The van der Waals surface area contributed by atoms with Gasteiger partial charge in [0.2, 0.25) is 0 Å². The van der Waals surface area contributed by atoms with E-state index in [4.69, 9.17) is 15.2 Å². The van der Waals surface area contributed by atoms with Gasteiger partial charge in [-0.3, -0.25) is 4.79 Å². The molecule has 1 saturated heterocycles. The van der Waals surface area contributed by atoms with E-state index >= 15 is 0 Å². The highest BCUT2D eigenvalue weighted by atomic mass is 79.9. The van der Waals surface area contributed by atoms with E-state index in [9.17, 15) is 4.79 Å². The highest BCUT2D eigenvalue weighted by Gasteiger charge is 2.20. The minimum atomic E-state index is -0.644. The number of carbonyl (C=O) groups excluding carboxylic acids is 1. The number of hydrogen-bond acceptors (Lipinski definition) is 5. The van der Waals surface area contributed by atoms with Crippen LogP contribution in [0.3, 0.4) is 0 Å². The highest BCUT2D eigenvalue weighted by molar-refractivity contribution is 9.10. The molecule has 1 aromatic rings. The molecule has 0 aliphatic carbocycles. The van der Waals surface area contributed by atoms with E-state index < -0.39 is 12.0 Å². The molecule has 1 heterocycles. The second-order valence-electron chi connectivity index (χ2n) is 4.71. The van der Waals surface area contributed by atoms with E-state index in [2.05, 4.69) is 26.9 Å². The molecule has 0 radical (unpaired) electrons. The third kappa shape index (κ3) is 3.71. The number of morpholine rings is 1. The van der Waals surface area contributed by atoms with Crippen LogP contribution >= 0.6 is 15.9 Å². The van der Waals surface area contributed by atoms with Crippen LogP contribution < -0.4 is 10.6 Å². The number of anilines is 1. The molecule has 1 aliphatic heterocycles. The van der Waals surface area contributed by atoms with Gasteiger partial charge in [-0.25, -0.2) is 0 Å². The molecule has 1 unspecified atom stereocenters. The number of hydrogen-bond donors (Lipinski definition) is 1. The Labute approximate surface area is 127 Å². The molecule has 1 aliphatic rings. The van der Waals surface area contributed by atoms with E-state index in [1.54, 1.807) is 0 Å². The van der Waals surface area contributed by atoms with Crippen LogP contribution in [0.5, 0.6) is 0 Å². The predicted molar refractivity (Wildman–Crippen MR) is 80.9 cm³/mol. The summed E-state index contributed by atoms with van der Waals surface area (Å²) in [6.07, 6.45) is 0.457. The third-order valence-corrected chi connectivity index (χ3v) is 3.83. The number of nitrogens with two attached hydrogens (primary N) is 1. The van der Waals surface area contributed by atoms with Crippen LogP contribution in [0.25, 0.3) is 0 Å². The van der Waals surface area contributed by atoms with Gasteiger partial charge in [-0.05, 0) is 23.8 Å². The summed E-state index contributed by atoms with van der Waals surface area (Å²) in [4.78, 5) is 13.8. The summed E-state index contributed by atoms with van der Waals surface area (Å²) in [7, 11) is 1.35. The quantitative estimate of drug-likeness (QED) is 0.836. The minimum absolute atomic E-state index is 0.391. The monoisotopic (exact) mass is 342 g/mol. The van der Waals surface area contributed by atoms with Crippen molar-refractivity contribution in [2.24, 2.45) is 5.73 Å². The molecule has 5 nitrogen and oxygen atoms in total. The van der Waals surface area contributed by atoms with E-state index in [-0.39, 0.29) is 0 Å². The van der Waals surface area contributed by atoms with Gasteiger partial charge in [-0.1, -0.05) is 15.9 Å². The first-order chi connectivity index (χ1) is 9.61. The fraction of sp³-hybridized carbons (Fsp3) is 0.500. The summed E-state index contributed by atoms with van der Waals surface area (Å²) in [6.45, 7) is 3.14. The van der Waals surface area contributed by atoms with Gasteiger partial charge in [0, 0.05) is 29.7 Å². The van der Waals surface area contributed by atoms with Crippen LogP contribution in [0.15, 0.2) is 22.7 Å². The zero-order chi connectivity index (χ0) is 14.5. The molecular weight excluding hydrogens is 324 g/mol. The standard InChI is InChI=1S/C14H19BrN2O3/c1-19-14(18)12(16)9-10-8-11(15)2-3-13(10)17-4-6-20-7-5-17/h2-3,8,12H,4-7,9,16H2,1H3. The molecule has 1 aromatic carbocycles. The Balaban J connectivity index is 2.21. The number of benzene rings is 1. The van der Waals surface area contributed by atoms with Crippen LogP contribution in [0, 0.1) is 0 Å². The number of rotatable bonds is 4. The smallest absolute Gasteiger partial charge is 0.322 e. The van der Waals surface area contributed by atoms with E-state index in [0.29, 0.717) is 6.42 Å². The normalized spacial score (nSPS) is 16.9. The van der Waals surface area contributed by atoms with Crippen molar-refractivity contribution in [3.8, 4) is 0 Å². The second-order valence-corrected chi connectivity index (χ2v) is 5.62. The average Bonchev–Trinajstić information content (AvgIpc) is 2.47. The van der Waals surface area contributed by atoms with Gasteiger partial charge in [0.1, 0.15) is 6.04 Å². The van der Waals surface area contributed by atoms with E-state index in [1.807, 2.05) is 12.1 Å². The van der Waals surface area contributed by atoms with Gasteiger partial charge >= 0.3 is 5.97 Å². The number of nitrogens with zero attached hydrogens (tertiary/aromatic N) is 1.